The maximum absolute atomic E-state index is 12.1. The maximum atomic E-state index is 12.1. The molecule has 21 heavy (non-hydrogen) atoms. The SMILES string of the molecule is O=C(Cc1ccccc1Br)Nc1ccc(NC2CC2)cc1. The van der Waals surface area contributed by atoms with E-state index in [1.54, 1.807) is 0 Å². The van der Waals surface area contributed by atoms with Crippen molar-refractivity contribution in [2.24, 2.45) is 0 Å². The van der Waals surface area contributed by atoms with Gasteiger partial charge in [0.2, 0.25) is 5.91 Å². The van der Waals surface area contributed by atoms with Gasteiger partial charge in [0, 0.05) is 21.9 Å². The number of hydrogen-bond acceptors (Lipinski definition) is 2. The molecule has 1 aliphatic rings. The summed E-state index contributed by atoms with van der Waals surface area (Å²) in [6, 6.07) is 16.3. The molecule has 0 heterocycles. The Morgan fingerprint density at radius 2 is 1.71 bits per heavy atom. The number of nitrogens with one attached hydrogen (secondary N) is 2. The van der Waals surface area contributed by atoms with Crippen molar-refractivity contribution in [1.82, 2.24) is 0 Å². The zero-order chi connectivity index (χ0) is 14.7. The largest absolute Gasteiger partial charge is 0.382 e. The highest BCUT2D eigenvalue weighted by molar-refractivity contribution is 9.10. The lowest BCUT2D eigenvalue weighted by molar-refractivity contribution is -0.115. The van der Waals surface area contributed by atoms with Gasteiger partial charge in [-0.2, -0.15) is 0 Å². The van der Waals surface area contributed by atoms with Gasteiger partial charge in [-0.15, -0.1) is 0 Å². The van der Waals surface area contributed by atoms with Crippen molar-refractivity contribution in [2.75, 3.05) is 10.6 Å². The van der Waals surface area contributed by atoms with Crippen molar-refractivity contribution in [3.8, 4) is 0 Å². The van der Waals surface area contributed by atoms with Gasteiger partial charge in [0.15, 0.2) is 0 Å². The van der Waals surface area contributed by atoms with Crippen LogP contribution in [0.5, 0.6) is 0 Å². The monoisotopic (exact) mass is 344 g/mol. The summed E-state index contributed by atoms with van der Waals surface area (Å²) in [5.74, 6) is -0.00944. The highest BCUT2D eigenvalue weighted by atomic mass is 79.9. The average molecular weight is 345 g/mol. The Balaban J connectivity index is 1.57. The van der Waals surface area contributed by atoms with Crippen LogP contribution in [-0.2, 0) is 11.2 Å². The summed E-state index contributed by atoms with van der Waals surface area (Å²) < 4.78 is 0.962. The summed E-state index contributed by atoms with van der Waals surface area (Å²) in [4.78, 5) is 12.1. The molecule has 2 N–H and O–H groups in total. The molecule has 108 valence electrons. The van der Waals surface area contributed by atoms with Crippen LogP contribution in [0.25, 0.3) is 0 Å². The summed E-state index contributed by atoms with van der Waals surface area (Å²) in [6.07, 6.45) is 2.87. The van der Waals surface area contributed by atoms with Gasteiger partial charge in [-0.05, 0) is 48.7 Å². The Kier molecular flexibility index (Phi) is 4.25. The van der Waals surface area contributed by atoms with E-state index in [1.807, 2.05) is 48.5 Å². The van der Waals surface area contributed by atoms with Crippen molar-refractivity contribution in [3.63, 3.8) is 0 Å². The van der Waals surface area contributed by atoms with E-state index >= 15 is 0 Å². The molecule has 0 bridgehead atoms. The number of carbonyl (C=O) groups excluding carboxylic acids is 1. The summed E-state index contributed by atoms with van der Waals surface area (Å²) in [5, 5.41) is 6.35. The fourth-order valence-electron chi connectivity index (χ4n) is 2.13. The van der Waals surface area contributed by atoms with Gasteiger partial charge in [0.05, 0.1) is 6.42 Å². The second-order valence-corrected chi connectivity index (χ2v) is 6.17. The topological polar surface area (TPSA) is 41.1 Å². The maximum Gasteiger partial charge on any atom is 0.228 e. The first-order valence-corrected chi connectivity index (χ1v) is 7.90. The van der Waals surface area contributed by atoms with E-state index in [9.17, 15) is 4.79 Å². The second-order valence-electron chi connectivity index (χ2n) is 5.31. The number of amides is 1. The van der Waals surface area contributed by atoms with Crippen LogP contribution in [0.1, 0.15) is 18.4 Å². The zero-order valence-electron chi connectivity index (χ0n) is 11.6. The predicted octanol–water partition coefficient (Wildman–Crippen LogP) is 4.20. The molecule has 0 spiro atoms. The third-order valence-electron chi connectivity index (χ3n) is 3.43. The molecular weight excluding hydrogens is 328 g/mol. The second kappa shape index (κ2) is 6.31. The summed E-state index contributed by atoms with van der Waals surface area (Å²) in [5.41, 5.74) is 2.93. The smallest absolute Gasteiger partial charge is 0.228 e. The highest BCUT2D eigenvalue weighted by Crippen LogP contribution is 2.25. The van der Waals surface area contributed by atoms with E-state index in [-0.39, 0.29) is 5.91 Å². The molecule has 0 aliphatic heterocycles. The minimum Gasteiger partial charge on any atom is -0.382 e. The van der Waals surface area contributed by atoms with Gasteiger partial charge in [0.25, 0.3) is 0 Å². The van der Waals surface area contributed by atoms with Crippen LogP contribution in [-0.4, -0.2) is 11.9 Å². The summed E-state index contributed by atoms with van der Waals surface area (Å²) >= 11 is 3.46. The van der Waals surface area contributed by atoms with E-state index in [0.717, 1.165) is 21.4 Å². The van der Waals surface area contributed by atoms with Crippen molar-refractivity contribution < 1.29 is 4.79 Å². The molecule has 1 aliphatic carbocycles. The fraction of sp³-hybridized carbons (Fsp3) is 0.235. The van der Waals surface area contributed by atoms with Crippen LogP contribution >= 0.6 is 15.9 Å². The molecule has 2 aromatic rings. The standard InChI is InChI=1S/C17H17BrN2O/c18-16-4-2-1-3-12(16)11-17(21)20-15-9-7-14(8-10-15)19-13-5-6-13/h1-4,7-10,13,19H,5-6,11H2,(H,20,21). The van der Waals surface area contributed by atoms with E-state index in [4.69, 9.17) is 0 Å². The lowest BCUT2D eigenvalue weighted by Gasteiger charge is -2.08. The average Bonchev–Trinajstić information content (AvgIpc) is 3.28. The van der Waals surface area contributed by atoms with Crippen LogP contribution in [0.2, 0.25) is 0 Å². The van der Waals surface area contributed by atoms with Crippen molar-refractivity contribution in [3.05, 3.63) is 58.6 Å². The Hall–Kier alpha value is -1.81. The van der Waals surface area contributed by atoms with Gasteiger partial charge in [0.1, 0.15) is 0 Å². The van der Waals surface area contributed by atoms with Crippen LogP contribution < -0.4 is 10.6 Å². The first-order valence-electron chi connectivity index (χ1n) is 7.10. The van der Waals surface area contributed by atoms with Crippen molar-refractivity contribution in [2.45, 2.75) is 25.3 Å². The van der Waals surface area contributed by atoms with Gasteiger partial charge in [-0.25, -0.2) is 0 Å². The Morgan fingerprint density at radius 3 is 2.38 bits per heavy atom. The molecule has 3 rings (SSSR count). The molecule has 3 nitrogen and oxygen atoms in total. The normalized spacial score (nSPS) is 13.8. The molecule has 4 heteroatoms. The molecule has 0 unspecified atom stereocenters. The zero-order valence-corrected chi connectivity index (χ0v) is 13.2. The van der Waals surface area contributed by atoms with Gasteiger partial charge in [-0.3, -0.25) is 4.79 Å². The number of anilines is 2. The lowest BCUT2D eigenvalue weighted by atomic mass is 10.1. The van der Waals surface area contributed by atoms with E-state index in [1.165, 1.54) is 12.8 Å². The molecule has 0 aromatic heterocycles. The molecule has 0 radical (unpaired) electrons. The van der Waals surface area contributed by atoms with Crippen molar-refractivity contribution >= 4 is 33.2 Å². The van der Waals surface area contributed by atoms with Crippen LogP contribution in [0.3, 0.4) is 0 Å². The molecule has 2 aromatic carbocycles. The third-order valence-corrected chi connectivity index (χ3v) is 4.20. The first kappa shape index (κ1) is 14.1. The lowest BCUT2D eigenvalue weighted by Crippen LogP contribution is -2.14. The highest BCUT2D eigenvalue weighted by Gasteiger charge is 2.20. The molecule has 1 amide bonds. The Morgan fingerprint density at radius 1 is 1.05 bits per heavy atom. The minimum atomic E-state index is -0.00944. The fourth-order valence-corrected chi connectivity index (χ4v) is 2.56. The molecule has 1 saturated carbocycles. The Bertz CT molecular complexity index is 635. The molecular formula is C17H17BrN2O. The number of halogens is 1. The van der Waals surface area contributed by atoms with Gasteiger partial charge in [-0.1, -0.05) is 34.1 Å². The molecule has 0 saturated heterocycles. The number of carbonyl (C=O) groups is 1. The summed E-state index contributed by atoms with van der Waals surface area (Å²) in [6.45, 7) is 0. The van der Waals surface area contributed by atoms with Crippen LogP contribution in [0.4, 0.5) is 11.4 Å². The van der Waals surface area contributed by atoms with Gasteiger partial charge < -0.3 is 10.6 Å². The molecule has 1 fully saturated rings. The predicted molar refractivity (Wildman–Crippen MR) is 89.6 cm³/mol. The van der Waals surface area contributed by atoms with E-state index in [0.29, 0.717) is 12.5 Å². The van der Waals surface area contributed by atoms with Gasteiger partial charge >= 0.3 is 0 Å². The van der Waals surface area contributed by atoms with Crippen LogP contribution in [0.15, 0.2) is 53.0 Å². The number of benzene rings is 2. The first-order chi connectivity index (χ1) is 10.2. The number of hydrogen-bond donors (Lipinski definition) is 2. The van der Waals surface area contributed by atoms with E-state index in [2.05, 4.69) is 26.6 Å². The quantitative estimate of drug-likeness (QED) is 0.853. The molecule has 0 atom stereocenters. The van der Waals surface area contributed by atoms with Crippen molar-refractivity contribution in [1.29, 1.82) is 0 Å². The van der Waals surface area contributed by atoms with Crippen LogP contribution in [0, 0.1) is 0 Å². The van der Waals surface area contributed by atoms with E-state index < -0.39 is 0 Å². The number of rotatable bonds is 5. The summed E-state index contributed by atoms with van der Waals surface area (Å²) in [7, 11) is 0. The minimum absolute atomic E-state index is 0.00944. The Labute approximate surface area is 132 Å². The third kappa shape index (κ3) is 4.08.